The standard InChI is InChI=1S/C41H39NO6S/c43-41(42(26-30-16-6-1-7-17-30)27-31-18-8-2-9-19-31)48-37-36-35(29-45-39(47-36)33-22-12-4-13-23-33)46-40(49-34-24-14-5-15-25-34)38(37)44-28-32-20-10-3-11-21-32/h1-25,35-40H,26-29H2/t35-,36-,37+,38+,39-,40-/m1/s1. The van der Waals surface area contributed by atoms with Crippen molar-refractivity contribution in [1.82, 2.24) is 4.90 Å². The van der Waals surface area contributed by atoms with Crippen LogP contribution in [0.15, 0.2) is 157 Å². The lowest BCUT2D eigenvalue weighted by Gasteiger charge is -2.48. The minimum Gasteiger partial charge on any atom is -0.440 e. The fourth-order valence-corrected chi connectivity index (χ4v) is 7.26. The molecule has 0 aliphatic carbocycles. The fraction of sp³-hybridized carbons (Fsp3) is 0.244. The van der Waals surface area contributed by atoms with E-state index in [0.29, 0.717) is 19.7 Å². The number of carbonyl (C=O) groups is 1. The molecule has 5 aromatic rings. The van der Waals surface area contributed by atoms with Crippen molar-refractivity contribution in [2.24, 2.45) is 0 Å². The minimum atomic E-state index is -0.805. The molecule has 0 N–H and O–H groups in total. The zero-order valence-electron chi connectivity index (χ0n) is 27.0. The van der Waals surface area contributed by atoms with E-state index in [1.54, 1.807) is 16.7 Å². The van der Waals surface area contributed by atoms with Crippen LogP contribution in [0.3, 0.4) is 0 Å². The monoisotopic (exact) mass is 673 g/mol. The molecule has 0 unspecified atom stereocenters. The van der Waals surface area contributed by atoms with Gasteiger partial charge in [-0.15, -0.1) is 0 Å². The molecule has 2 aliphatic heterocycles. The average Bonchev–Trinajstić information content (AvgIpc) is 3.16. The first kappa shape index (κ1) is 33.1. The van der Waals surface area contributed by atoms with Gasteiger partial charge in [0.25, 0.3) is 0 Å². The molecule has 2 saturated heterocycles. The van der Waals surface area contributed by atoms with Gasteiger partial charge in [-0.1, -0.05) is 151 Å². The Bertz CT molecular complexity index is 1690. The van der Waals surface area contributed by atoms with E-state index in [1.807, 2.05) is 152 Å². The van der Waals surface area contributed by atoms with E-state index < -0.39 is 42.2 Å². The summed E-state index contributed by atoms with van der Waals surface area (Å²) in [5.74, 6) is 0. The van der Waals surface area contributed by atoms with Gasteiger partial charge in [0.05, 0.1) is 13.2 Å². The molecule has 0 spiro atoms. The number of rotatable bonds is 11. The number of ether oxygens (including phenoxy) is 5. The maximum Gasteiger partial charge on any atom is 0.410 e. The molecule has 49 heavy (non-hydrogen) atoms. The van der Waals surface area contributed by atoms with Gasteiger partial charge in [0.15, 0.2) is 12.4 Å². The Balaban J connectivity index is 1.22. The number of benzene rings is 5. The Morgan fingerprint density at radius 2 is 1.18 bits per heavy atom. The van der Waals surface area contributed by atoms with Crippen molar-refractivity contribution in [3.63, 3.8) is 0 Å². The summed E-state index contributed by atoms with van der Waals surface area (Å²) in [6.45, 7) is 1.33. The minimum absolute atomic E-state index is 0.271. The Hall–Kier alpha value is -4.44. The lowest BCUT2D eigenvalue weighted by atomic mass is 9.98. The summed E-state index contributed by atoms with van der Waals surface area (Å²) in [6, 6.07) is 49.7. The van der Waals surface area contributed by atoms with Crippen molar-refractivity contribution in [3.05, 3.63) is 174 Å². The van der Waals surface area contributed by atoms with Crippen molar-refractivity contribution < 1.29 is 28.5 Å². The van der Waals surface area contributed by atoms with Gasteiger partial charge in [0.1, 0.15) is 23.7 Å². The first-order chi connectivity index (χ1) is 24.2. The molecule has 7 nitrogen and oxygen atoms in total. The summed E-state index contributed by atoms with van der Waals surface area (Å²) in [7, 11) is 0. The predicted molar refractivity (Wildman–Crippen MR) is 188 cm³/mol. The molecule has 2 heterocycles. The molecule has 8 heteroatoms. The van der Waals surface area contributed by atoms with E-state index in [1.165, 1.54) is 0 Å². The van der Waals surface area contributed by atoms with Crippen LogP contribution < -0.4 is 0 Å². The largest absolute Gasteiger partial charge is 0.440 e. The second-order valence-electron chi connectivity index (χ2n) is 12.1. The highest BCUT2D eigenvalue weighted by molar-refractivity contribution is 7.99. The summed E-state index contributed by atoms with van der Waals surface area (Å²) in [6.07, 6.45) is -3.72. The van der Waals surface area contributed by atoms with Crippen LogP contribution in [0, 0.1) is 0 Å². The van der Waals surface area contributed by atoms with E-state index in [4.69, 9.17) is 23.7 Å². The summed E-state index contributed by atoms with van der Waals surface area (Å²) >= 11 is 1.54. The van der Waals surface area contributed by atoms with Gasteiger partial charge in [0, 0.05) is 23.5 Å². The lowest BCUT2D eigenvalue weighted by molar-refractivity contribution is -0.322. The number of carbonyl (C=O) groups excluding carboxylic acids is 1. The van der Waals surface area contributed by atoms with E-state index in [2.05, 4.69) is 0 Å². The van der Waals surface area contributed by atoms with Crippen LogP contribution in [0.1, 0.15) is 28.5 Å². The van der Waals surface area contributed by atoms with Crippen LogP contribution in [0.2, 0.25) is 0 Å². The molecule has 1 amide bonds. The van der Waals surface area contributed by atoms with Crippen molar-refractivity contribution >= 4 is 17.9 Å². The highest BCUT2D eigenvalue weighted by atomic mass is 32.2. The van der Waals surface area contributed by atoms with Crippen LogP contribution in [0.5, 0.6) is 0 Å². The number of thioether (sulfide) groups is 1. The van der Waals surface area contributed by atoms with Crippen LogP contribution in [-0.4, -0.2) is 47.5 Å². The van der Waals surface area contributed by atoms with E-state index in [0.717, 1.165) is 27.1 Å². The summed E-state index contributed by atoms with van der Waals surface area (Å²) in [4.78, 5) is 17.2. The van der Waals surface area contributed by atoms with E-state index >= 15 is 0 Å². The molecule has 2 fully saturated rings. The quantitative estimate of drug-likeness (QED) is 0.140. The molecular formula is C41H39NO6S. The second-order valence-corrected chi connectivity index (χ2v) is 13.3. The zero-order chi connectivity index (χ0) is 33.3. The maximum atomic E-state index is 14.4. The first-order valence-corrected chi connectivity index (χ1v) is 17.5. The molecule has 250 valence electrons. The van der Waals surface area contributed by atoms with Crippen molar-refractivity contribution in [3.8, 4) is 0 Å². The van der Waals surface area contributed by atoms with Crippen LogP contribution in [0.25, 0.3) is 0 Å². The lowest BCUT2D eigenvalue weighted by Crippen LogP contribution is -2.63. The van der Waals surface area contributed by atoms with Crippen LogP contribution >= 0.6 is 11.8 Å². The molecule has 0 radical (unpaired) electrons. The summed E-state index contributed by atoms with van der Waals surface area (Å²) in [5, 5.41) is 0. The topological polar surface area (TPSA) is 66.5 Å². The number of hydrogen-bond donors (Lipinski definition) is 0. The highest BCUT2D eigenvalue weighted by Crippen LogP contribution is 2.41. The van der Waals surface area contributed by atoms with Crippen molar-refractivity contribution in [2.75, 3.05) is 6.61 Å². The number of hydrogen-bond acceptors (Lipinski definition) is 7. The van der Waals surface area contributed by atoms with E-state index in [9.17, 15) is 4.79 Å². The maximum absolute atomic E-state index is 14.4. The third-order valence-electron chi connectivity index (χ3n) is 8.56. The van der Waals surface area contributed by atoms with Crippen LogP contribution in [-0.2, 0) is 43.4 Å². The molecule has 2 aliphatic rings. The van der Waals surface area contributed by atoms with Gasteiger partial charge in [-0.25, -0.2) is 4.79 Å². The highest BCUT2D eigenvalue weighted by Gasteiger charge is 2.53. The molecule has 7 rings (SSSR count). The van der Waals surface area contributed by atoms with Gasteiger partial charge >= 0.3 is 6.09 Å². The number of nitrogens with zero attached hydrogens (tertiary/aromatic N) is 1. The Morgan fingerprint density at radius 3 is 1.78 bits per heavy atom. The predicted octanol–water partition coefficient (Wildman–Crippen LogP) is 8.41. The molecular weight excluding hydrogens is 635 g/mol. The zero-order valence-corrected chi connectivity index (χ0v) is 27.8. The van der Waals surface area contributed by atoms with Crippen molar-refractivity contribution in [1.29, 1.82) is 0 Å². The normalized spacial score (nSPS) is 23.3. The number of fused-ring (bicyclic) bond motifs is 1. The Kier molecular flexibility index (Phi) is 11.0. The Morgan fingerprint density at radius 1 is 0.653 bits per heavy atom. The Labute approximate surface area is 291 Å². The van der Waals surface area contributed by atoms with Gasteiger partial charge in [-0.05, 0) is 28.8 Å². The summed E-state index contributed by atoms with van der Waals surface area (Å²) < 4.78 is 32.9. The van der Waals surface area contributed by atoms with Gasteiger partial charge in [-0.2, -0.15) is 0 Å². The third kappa shape index (κ3) is 8.60. The van der Waals surface area contributed by atoms with Crippen molar-refractivity contribution in [2.45, 2.75) is 60.7 Å². The molecule has 6 atom stereocenters. The smallest absolute Gasteiger partial charge is 0.410 e. The molecule has 0 saturated carbocycles. The average molecular weight is 674 g/mol. The van der Waals surface area contributed by atoms with Crippen LogP contribution in [0.4, 0.5) is 4.79 Å². The molecule has 5 aromatic carbocycles. The van der Waals surface area contributed by atoms with Gasteiger partial charge in [-0.3, -0.25) is 4.90 Å². The fourth-order valence-electron chi connectivity index (χ4n) is 6.11. The summed E-state index contributed by atoms with van der Waals surface area (Å²) in [5.41, 5.74) is 3.37. The SMILES string of the molecule is O=C(O[C@@H]1[C@H](OCc2ccccc2)[C@@H](Sc2ccccc2)O[C@@H]2CO[C@@H](c3ccccc3)O[C@@H]12)N(Cc1ccccc1)Cc1ccccc1. The van der Waals surface area contributed by atoms with Gasteiger partial charge in [0.2, 0.25) is 0 Å². The first-order valence-electron chi connectivity index (χ1n) is 16.6. The van der Waals surface area contributed by atoms with E-state index in [-0.39, 0.29) is 6.61 Å². The third-order valence-corrected chi connectivity index (χ3v) is 9.72. The second kappa shape index (κ2) is 16.3. The van der Waals surface area contributed by atoms with Gasteiger partial charge < -0.3 is 23.7 Å². The molecule has 0 aromatic heterocycles. The number of amides is 1. The molecule has 0 bridgehead atoms.